The number of ether oxygens (including phenoxy) is 2. The maximum Gasteiger partial charge on any atom is 0.416 e. The van der Waals surface area contributed by atoms with E-state index in [0.717, 1.165) is 43.5 Å². The smallest absolute Gasteiger partial charge is 0.416 e. The first-order valence-electron chi connectivity index (χ1n) is 13.6. The first-order valence-corrected chi connectivity index (χ1v) is 14.0. The molecule has 2 aromatic carbocycles. The van der Waals surface area contributed by atoms with Gasteiger partial charge < -0.3 is 9.47 Å². The number of hydrogen-bond acceptors (Lipinski definition) is 5. The van der Waals surface area contributed by atoms with E-state index in [0.29, 0.717) is 12.5 Å². The van der Waals surface area contributed by atoms with Gasteiger partial charge in [0.2, 0.25) is 0 Å². The molecular weight excluding hydrogens is 535 g/mol. The number of nitrogens with zero attached hydrogens (tertiary/aromatic N) is 1. The summed E-state index contributed by atoms with van der Waals surface area (Å²) in [5, 5.41) is 11.1. The number of alkyl halides is 3. The molecular formula is C29H37ClF3NO5. The van der Waals surface area contributed by atoms with Crippen molar-refractivity contribution in [3.63, 3.8) is 0 Å². The van der Waals surface area contributed by atoms with Gasteiger partial charge in [-0.3, -0.25) is 10.1 Å². The Labute approximate surface area is 233 Å². The molecule has 39 heavy (non-hydrogen) atoms. The topological polar surface area (TPSA) is 78.7 Å². The van der Waals surface area contributed by atoms with Gasteiger partial charge in [-0.1, -0.05) is 95.6 Å². The van der Waals surface area contributed by atoms with Crippen molar-refractivity contribution in [2.75, 3.05) is 6.61 Å². The van der Waals surface area contributed by atoms with Crippen LogP contribution >= 0.6 is 11.6 Å². The zero-order chi connectivity index (χ0) is 28.7. The third-order valence-electron chi connectivity index (χ3n) is 6.35. The maximum absolute atomic E-state index is 12.9. The largest absolute Gasteiger partial charge is 0.462 e. The zero-order valence-electron chi connectivity index (χ0n) is 22.4. The first-order chi connectivity index (χ1) is 18.6. The van der Waals surface area contributed by atoms with Gasteiger partial charge in [0.25, 0.3) is 5.69 Å². The average Bonchev–Trinajstić information content (AvgIpc) is 2.89. The molecule has 0 aromatic heterocycles. The summed E-state index contributed by atoms with van der Waals surface area (Å²) in [5.41, 5.74) is -1.72. The highest BCUT2D eigenvalue weighted by molar-refractivity contribution is 6.32. The fraction of sp³-hybridized carbons (Fsp3) is 0.552. The minimum atomic E-state index is -4.57. The number of carbonyl (C=O) groups excluding carboxylic acids is 1. The Morgan fingerprint density at radius 2 is 1.44 bits per heavy atom. The Balaban J connectivity index is 1.78. The molecule has 0 spiro atoms. The van der Waals surface area contributed by atoms with Gasteiger partial charge in [-0.05, 0) is 30.7 Å². The summed E-state index contributed by atoms with van der Waals surface area (Å²) in [6.07, 6.45) is 10.7. The number of nitro groups is 1. The SMILES string of the molecule is CCCCCCCCCCCCCCCOC(=O)c1cc(Oc2ccc(C(F)(F)F)cc2Cl)ccc1[N+](=O)[O-]. The number of unbranched alkanes of at least 4 members (excludes halogenated alkanes) is 12. The van der Waals surface area contributed by atoms with Crippen LogP contribution in [-0.2, 0) is 10.9 Å². The highest BCUT2D eigenvalue weighted by Gasteiger charge is 2.31. The summed E-state index contributed by atoms with van der Waals surface area (Å²) >= 11 is 5.92. The molecule has 0 N–H and O–H groups in total. The molecule has 0 heterocycles. The highest BCUT2D eigenvalue weighted by atomic mass is 35.5. The molecule has 2 aromatic rings. The van der Waals surface area contributed by atoms with Crippen molar-refractivity contribution >= 4 is 23.3 Å². The summed E-state index contributed by atoms with van der Waals surface area (Å²) in [6.45, 7) is 2.35. The van der Waals surface area contributed by atoms with Gasteiger partial charge >= 0.3 is 12.1 Å². The van der Waals surface area contributed by atoms with Crippen LogP contribution in [-0.4, -0.2) is 17.5 Å². The average molecular weight is 572 g/mol. The van der Waals surface area contributed by atoms with E-state index < -0.39 is 28.3 Å². The molecule has 0 atom stereocenters. The molecule has 216 valence electrons. The number of hydrogen-bond donors (Lipinski definition) is 0. The predicted octanol–water partition coefficient (Wildman–Crippen LogP) is 10.3. The van der Waals surface area contributed by atoms with Crippen LogP contribution in [0.15, 0.2) is 36.4 Å². The van der Waals surface area contributed by atoms with E-state index in [1.54, 1.807) is 0 Å². The van der Waals surface area contributed by atoms with Crippen LogP contribution in [0.1, 0.15) is 106 Å². The second-order valence-corrected chi connectivity index (χ2v) is 9.97. The lowest BCUT2D eigenvalue weighted by Gasteiger charge is -2.12. The molecule has 0 aliphatic rings. The first kappa shape index (κ1) is 32.4. The van der Waals surface area contributed by atoms with Crippen LogP contribution in [0.3, 0.4) is 0 Å². The van der Waals surface area contributed by atoms with Crippen molar-refractivity contribution in [2.45, 2.75) is 96.6 Å². The van der Waals surface area contributed by atoms with Crippen molar-refractivity contribution in [3.8, 4) is 11.5 Å². The summed E-state index contributed by atoms with van der Waals surface area (Å²) in [4.78, 5) is 23.3. The van der Waals surface area contributed by atoms with E-state index in [1.165, 1.54) is 63.9 Å². The molecule has 0 bridgehead atoms. The molecule has 10 heteroatoms. The van der Waals surface area contributed by atoms with Gasteiger partial charge in [-0.25, -0.2) is 4.79 Å². The van der Waals surface area contributed by atoms with Crippen molar-refractivity contribution < 1.29 is 32.4 Å². The van der Waals surface area contributed by atoms with E-state index in [4.69, 9.17) is 21.1 Å². The molecule has 0 aliphatic heterocycles. The van der Waals surface area contributed by atoms with Crippen LogP contribution in [0, 0.1) is 10.1 Å². The van der Waals surface area contributed by atoms with Crippen molar-refractivity contribution in [3.05, 3.63) is 62.7 Å². The monoisotopic (exact) mass is 571 g/mol. The molecule has 0 unspecified atom stereocenters. The number of rotatable bonds is 18. The van der Waals surface area contributed by atoms with E-state index >= 15 is 0 Å². The third kappa shape index (κ3) is 11.9. The minimum Gasteiger partial charge on any atom is -0.462 e. The van der Waals surface area contributed by atoms with E-state index in [-0.39, 0.29) is 28.7 Å². The third-order valence-corrected chi connectivity index (χ3v) is 6.65. The van der Waals surface area contributed by atoms with E-state index in [1.807, 2.05) is 0 Å². The summed E-state index contributed by atoms with van der Waals surface area (Å²) < 4.78 is 49.3. The maximum atomic E-state index is 12.9. The summed E-state index contributed by atoms with van der Waals surface area (Å²) in [6, 6.07) is 5.99. The van der Waals surface area contributed by atoms with Gasteiger partial charge in [0.05, 0.1) is 22.1 Å². The summed E-state index contributed by atoms with van der Waals surface area (Å²) in [7, 11) is 0. The van der Waals surface area contributed by atoms with Crippen molar-refractivity contribution in [1.29, 1.82) is 0 Å². The standard InChI is InChI=1S/C29H37ClF3NO5/c1-2-3-4-5-6-7-8-9-10-11-12-13-14-19-38-28(35)24-21-23(16-17-26(24)34(36)37)39-27-18-15-22(20-25(27)30)29(31,32)33/h15-18,20-21H,2-14,19H2,1H3. The lowest BCUT2D eigenvalue weighted by molar-refractivity contribution is -0.385. The van der Waals surface area contributed by atoms with E-state index in [2.05, 4.69) is 6.92 Å². The number of esters is 1. The van der Waals surface area contributed by atoms with Crippen LogP contribution < -0.4 is 4.74 Å². The number of benzene rings is 2. The van der Waals surface area contributed by atoms with E-state index in [9.17, 15) is 28.1 Å². The lowest BCUT2D eigenvalue weighted by atomic mass is 10.0. The Hall–Kier alpha value is -2.81. The normalized spacial score (nSPS) is 11.4. The van der Waals surface area contributed by atoms with Crippen molar-refractivity contribution in [2.24, 2.45) is 0 Å². The Morgan fingerprint density at radius 1 is 0.872 bits per heavy atom. The van der Waals surface area contributed by atoms with Gasteiger partial charge in [0, 0.05) is 12.1 Å². The molecule has 0 amide bonds. The fourth-order valence-corrected chi connectivity index (χ4v) is 4.37. The zero-order valence-corrected chi connectivity index (χ0v) is 23.1. The van der Waals surface area contributed by atoms with Gasteiger partial charge in [0.1, 0.15) is 17.1 Å². The molecule has 0 saturated heterocycles. The fourth-order valence-electron chi connectivity index (χ4n) is 4.15. The van der Waals surface area contributed by atoms with Crippen LogP contribution in [0.5, 0.6) is 11.5 Å². The molecule has 0 radical (unpaired) electrons. The highest BCUT2D eigenvalue weighted by Crippen LogP contribution is 2.37. The van der Waals surface area contributed by atoms with Crippen LogP contribution in [0.2, 0.25) is 5.02 Å². The van der Waals surface area contributed by atoms with Gasteiger partial charge in [-0.15, -0.1) is 0 Å². The molecule has 0 aliphatic carbocycles. The Bertz CT molecular complexity index is 1060. The quantitative estimate of drug-likeness (QED) is 0.0769. The molecule has 0 fully saturated rings. The van der Waals surface area contributed by atoms with Gasteiger partial charge in [0.15, 0.2) is 0 Å². The Kier molecular flexibility index (Phi) is 14.1. The lowest BCUT2D eigenvalue weighted by Crippen LogP contribution is -2.09. The summed E-state index contributed by atoms with van der Waals surface area (Å²) in [5.74, 6) is -0.968. The van der Waals surface area contributed by atoms with Crippen LogP contribution in [0.25, 0.3) is 0 Å². The van der Waals surface area contributed by atoms with Gasteiger partial charge in [-0.2, -0.15) is 13.2 Å². The second-order valence-electron chi connectivity index (χ2n) is 9.56. The number of nitro benzene ring substituents is 1. The molecule has 0 saturated carbocycles. The molecule has 2 rings (SSSR count). The minimum absolute atomic E-state index is 0.00447. The number of halogens is 4. The second kappa shape index (κ2) is 17.0. The molecule has 6 nitrogen and oxygen atoms in total. The van der Waals surface area contributed by atoms with Crippen molar-refractivity contribution in [1.82, 2.24) is 0 Å². The Morgan fingerprint density at radius 3 is 1.95 bits per heavy atom. The predicted molar refractivity (Wildman–Crippen MR) is 146 cm³/mol. The number of carbonyl (C=O) groups is 1. The van der Waals surface area contributed by atoms with Crippen LogP contribution in [0.4, 0.5) is 18.9 Å².